The molecule has 18 heavy (non-hydrogen) atoms. The first-order valence-electron chi connectivity index (χ1n) is 7.24. The highest BCUT2D eigenvalue weighted by molar-refractivity contribution is 5.13. The van der Waals surface area contributed by atoms with Crippen molar-refractivity contribution >= 4 is 0 Å². The largest absolute Gasteiger partial charge is 0.393 e. The summed E-state index contributed by atoms with van der Waals surface area (Å²) in [4.78, 5) is 0. The van der Waals surface area contributed by atoms with Crippen molar-refractivity contribution in [1.29, 1.82) is 0 Å². The average molecular weight is 256 g/mol. The van der Waals surface area contributed by atoms with Crippen LogP contribution in [0.15, 0.2) is 0 Å². The Labute approximate surface area is 110 Å². The van der Waals surface area contributed by atoms with Gasteiger partial charge in [-0.25, -0.2) is 0 Å². The molecule has 0 heterocycles. The lowest BCUT2D eigenvalue weighted by atomic mass is 9.73. The SMILES string of the molecule is CC(O)CC[C@@H]1[C@H]2CC(C(C)(C)O)C(O)C[C@@]12C. The lowest BCUT2D eigenvalue weighted by Crippen LogP contribution is -2.43. The molecular weight excluding hydrogens is 228 g/mol. The van der Waals surface area contributed by atoms with E-state index < -0.39 is 5.60 Å². The molecule has 0 saturated heterocycles. The third-order valence-electron chi connectivity index (χ3n) is 5.49. The Morgan fingerprint density at radius 3 is 2.50 bits per heavy atom. The molecule has 2 aliphatic rings. The first-order valence-corrected chi connectivity index (χ1v) is 7.24. The minimum Gasteiger partial charge on any atom is -0.393 e. The quantitative estimate of drug-likeness (QED) is 0.720. The molecule has 0 radical (unpaired) electrons. The summed E-state index contributed by atoms with van der Waals surface area (Å²) >= 11 is 0. The van der Waals surface area contributed by atoms with E-state index in [1.54, 1.807) is 13.8 Å². The van der Waals surface area contributed by atoms with Gasteiger partial charge in [0.15, 0.2) is 0 Å². The Morgan fingerprint density at radius 2 is 2.00 bits per heavy atom. The number of hydrogen-bond acceptors (Lipinski definition) is 3. The molecule has 2 saturated carbocycles. The molecule has 2 aliphatic carbocycles. The molecule has 0 spiro atoms. The first kappa shape index (κ1) is 14.3. The van der Waals surface area contributed by atoms with Gasteiger partial charge in [0.05, 0.1) is 17.8 Å². The Hall–Kier alpha value is -0.120. The van der Waals surface area contributed by atoms with Crippen molar-refractivity contribution < 1.29 is 15.3 Å². The second kappa shape index (κ2) is 4.46. The van der Waals surface area contributed by atoms with E-state index in [1.807, 2.05) is 6.92 Å². The number of aliphatic hydroxyl groups excluding tert-OH is 2. The summed E-state index contributed by atoms with van der Waals surface area (Å²) in [5, 5.41) is 29.8. The van der Waals surface area contributed by atoms with E-state index in [1.165, 1.54) is 0 Å². The molecule has 3 nitrogen and oxygen atoms in total. The molecule has 6 atom stereocenters. The van der Waals surface area contributed by atoms with Crippen molar-refractivity contribution in [2.45, 2.75) is 71.2 Å². The van der Waals surface area contributed by atoms with Crippen LogP contribution < -0.4 is 0 Å². The van der Waals surface area contributed by atoms with Gasteiger partial charge in [0, 0.05) is 5.92 Å². The Balaban J connectivity index is 1.99. The van der Waals surface area contributed by atoms with Crippen LogP contribution in [0, 0.1) is 23.2 Å². The molecule has 0 aromatic rings. The minimum absolute atomic E-state index is 0.00729. The Morgan fingerprint density at radius 1 is 1.39 bits per heavy atom. The second-order valence-corrected chi connectivity index (χ2v) is 7.41. The van der Waals surface area contributed by atoms with Gasteiger partial charge in [-0.15, -0.1) is 0 Å². The highest BCUT2D eigenvalue weighted by atomic mass is 16.3. The fraction of sp³-hybridized carbons (Fsp3) is 1.00. The predicted octanol–water partition coefficient (Wildman–Crippen LogP) is 1.94. The molecule has 2 rings (SSSR count). The summed E-state index contributed by atoms with van der Waals surface area (Å²) in [6.45, 7) is 7.70. The summed E-state index contributed by atoms with van der Waals surface area (Å²) < 4.78 is 0. The summed E-state index contributed by atoms with van der Waals surface area (Å²) in [5.41, 5.74) is -0.547. The Bertz CT molecular complexity index is 307. The van der Waals surface area contributed by atoms with Crippen LogP contribution in [0.25, 0.3) is 0 Å². The van der Waals surface area contributed by atoms with E-state index in [2.05, 4.69) is 6.92 Å². The highest BCUT2D eigenvalue weighted by Gasteiger charge is 2.65. The summed E-state index contributed by atoms with van der Waals surface area (Å²) in [6, 6.07) is 0. The van der Waals surface area contributed by atoms with Gasteiger partial charge in [0.25, 0.3) is 0 Å². The van der Waals surface area contributed by atoms with Crippen LogP contribution in [-0.2, 0) is 0 Å². The maximum Gasteiger partial charge on any atom is 0.0644 e. The maximum absolute atomic E-state index is 10.3. The van der Waals surface area contributed by atoms with Crippen LogP contribution in [0.1, 0.15) is 53.4 Å². The van der Waals surface area contributed by atoms with Crippen LogP contribution >= 0.6 is 0 Å². The number of hydrogen-bond donors (Lipinski definition) is 3. The molecule has 106 valence electrons. The van der Waals surface area contributed by atoms with Crippen molar-refractivity contribution in [2.75, 3.05) is 0 Å². The monoisotopic (exact) mass is 256 g/mol. The van der Waals surface area contributed by atoms with Gasteiger partial charge in [0.2, 0.25) is 0 Å². The van der Waals surface area contributed by atoms with E-state index >= 15 is 0 Å². The molecular formula is C15H28O3. The van der Waals surface area contributed by atoms with Crippen LogP contribution in [0.2, 0.25) is 0 Å². The van der Waals surface area contributed by atoms with Gasteiger partial charge in [-0.1, -0.05) is 6.92 Å². The zero-order valence-electron chi connectivity index (χ0n) is 12.1. The number of rotatable bonds is 4. The third-order valence-corrected chi connectivity index (χ3v) is 5.49. The maximum atomic E-state index is 10.3. The lowest BCUT2D eigenvalue weighted by Gasteiger charge is -2.38. The van der Waals surface area contributed by atoms with Gasteiger partial charge < -0.3 is 15.3 Å². The highest BCUT2D eigenvalue weighted by Crippen LogP contribution is 2.69. The lowest BCUT2D eigenvalue weighted by molar-refractivity contribution is -0.0746. The minimum atomic E-state index is -0.793. The van der Waals surface area contributed by atoms with Crippen molar-refractivity contribution in [2.24, 2.45) is 23.2 Å². The van der Waals surface area contributed by atoms with E-state index in [-0.39, 0.29) is 23.5 Å². The van der Waals surface area contributed by atoms with E-state index in [0.29, 0.717) is 11.8 Å². The third kappa shape index (κ3) is 2.45. The van der Waals surface area contributed by atoms with Crippen LogP contribution in [0.4, 0.5) is 0 Å². The van der Waals surface area contributed by atoms with Gasteiger partial charge in [-0.2, -0.15) is 0 Å². The van der Waals surface area contributed by atoms with E-state index in [0.717, 1.165) is 25.7 Å². The normalized spacial score (nSPS) is 45.5. The van der Waals surface area contributed by atoms with Gasteiger partial charge in [0.1, 0.15) is 0 Å². The standard InChI is InChI=1S/C15H28O3/c1-9(16)5-6-10-11-7-12(14(2,3)18)13(17)8-15(10,11)4/h9-13,16-18H,5-8H2,1-4H3/t9?,10-,11-,12?,13?,15+/m1/s1. The summed E-state index contributed by atoms with van der Waals surface area (Å²) in [6.07, 6.45) is 3.00. The number of fused-ring (bicyclic) bond motifs is 1. The van der Waals surface area contributed by atoms with Crippen molar-refractivity contribution in [1.82, 2.24) is 0 Å². The smallest absolute Gasteiger partial charge is 0.0644 e. The van der Waals surface area contributed by atoms with Crippen LogP contribution in [0.5, 0.6) is 0 Å². The summed E-state index contributed by atoms with van der Waals surface area (Å²) in [5.74, 6) is 1.23. The Kier molecular flexibility index (Phi) is 3.54. The van der Waals surface area contributed by atoms with Gasteiger partial charge in [-0.05, 0) is 63.7 Å². The molecule has 2 fully saturated rings. The molecule has 0 bridgehead atoms. The summed E-state index contributed by atoms with van der Waals surface area (Å²) in [7, 11) is 0. The van der Waals surface area contributed by atoms with E-state index in [4.69, 9.17) is 0 Å². The van der Waals surface area contributed by atoms with Crippen molar-refractivity contribution in [3.05, 3.63) is 0 Å². The van der Waals surface area contributed by atoms with Crippen LogP contribution in [-0.4, -0.2) is 33.1 Å². The van der Waals surface area contributed by atoms with Gasteiger partial charge in [-0.3, -0.25) is 0 Å². The molecule has 3 heteroatoms. The number of aliphatic hydroxyl groups is 3. The predicted molar refractivity (Wildman–Crippen MR) is 71.0 cm³/mol. The molecule has 0 amide bonds. The molecule has 3 N–H and O–H groups in total. The zero-order valence-corrected chi connectivity index (χ0v) is 12.1. The van der Waals surface area contributed by atoms with Gasteiger partial charge >= 0.3 is 0 Å². The zero-order chi connectivity index (χ0) is 13.7. The topological polar surface area (TPSA) is 60.7 Å². The van der Waals surface area contributed by atoms with Crippen LogP contribution in [0.3, 0.4) is 0 Å². The average Bonchev–Trinajstić information content (AvgIpc) is 2.75. The molecule has 3 unspecified atom stereocenters. The van der Waals surface area contributed by atoms with E-state index in [9.17, 15) is 15.3 Å². The second-order valence-electron chi connectivity index (χ2n) is 7.41. The van der Waals surface area contributed by atoms with Crippen molar-refractivity contribution in [3.8, 4) is 0 Å². The first-order chi connectivity index (χ1) is 8.16. The molecule has 0 aliphatic heterocycles. The molecule has 0 aromatic carbocycles. The fourth-order valence-corrected chi connectivity index (χ4v) is 4.23. The van der Waals surface area contributed by atoms with Crippen molar-refractivity contribution in [3.63, 3.8) is 0 Å². The fourth-order valence-electron chi connectivity index (χ4n) is 4.23. The molecule has 0 aromatic heterocycles.